The smallest absolute Gasteiger partial charge is 0.341 e. The largest absolute Gasteiger partial charge is 0.496 e. The summed E-state index contributed by atoms with van der Waals surface area (Å²) < 4.78 is 17.2. The number of methoxy groups -OCH3 is 2. The molecule has 1 heterocycles. The molecule has 1 unspecified atom stereocenters. The summed E-state index contributed by atoms with van der Waals surface area (Å²) in [5, 5.41) is 6.20. The van der Waals surface area contributed by atoms with Gasteiger partial charge in [-0.25, -0.2) is 4.79 Å². The monoisotopic (exact) mass is 481 g/mol. The van der Waals surface area contributed by atoms with E-state index in [1.54, 1.807) is 13.2 Å². The predicted octanol–water partition coefficient (Wildman–Crippen LogP) is 6.27. The number of para-hydroxylation sites is 2. The Bertz CT molecular complexity index is 1380. The van der Waals surface area contributed by atoms with E-state index in [1.165, 1.54) is 23.4 Å². The Morgan fingerprint density at radius 3 is 2.50 bits per heavy atom. The molecule has 5 rings (SSSR count). The van der Waals surface area contributed by atoms with Gasteiger partial charge in [0.25, 0.3) is 0 Å². The summed E-state index contributed by atoms with van der Waals surface area (Å²) in [6, 6.07) is 28.8. The highest BCUT2D eigenvalue weighted by molar-refractivity contribution is 5.93. The van der Waals surface area contributed by atoms with Crippen LogP contribution in [0.1, 0.15) is 52.4 Å². The van der Waals surface area contributed by atoms with Crippen molar-refractivity contribution in [3.05, 3.63) is 107 Å². The van der Waals surface area contributed by atoms with Crippen molar-refractivity contribution in [3.8, 4) is 11.5 Å². The Balaban J connectivity index is 1.42. The van der Waals surface area contributed by atoms with E-state index in [9.17, 15) is 4.79 Å². The van der Waals surface area contributed by atoms with Gasteiger partial charge in [-0.15, -0.1) is 0 Å². The fraction of sp³-hybridized carbons (Fsp3) is 0.258. The van der Waals surface area contributed by atoms with E-state index in [4.69, 9.17) is 14.2 Å². The number of rotatable bonds is 7. The first-order chi connectivity index (χ1) is 17.6. The van der Waals surface area contributed by atoms with Crippen LogP contribution in [0.5, 0.6) is 11.5 Å². The molecule has 0 saturated carbocycles. The van der Waals surface area contributed by atoms with Gasteiger partial charge in [-0.3, -0.25) is 0 Å². The summed E-state index contributed by atoms with van der Waals surface area (Å²) in [7, 11) is 2.98. The maximum absolute atomic E-state index is 12.4. The van der Waals surface area contributed by atoms with Crippen LogP contribution in [0.15, 0.2) is 84.9 Å². The van der Waals surface area contributed by atoms with Gasteiger partial charge < -0.3 is 19.5 Å². The van der Waals surface area contributed by atoms with E-state index >= 15 is 0 Å². The first kappa shape index (κ1) is 23.9. The lowest BCUT2D eigenvalue weighted by Crippen LogP contribution is -2.37. The zero-order valence-electron chi connectivity index (χ0n) is 20.9. The van der Waals surface area contributed by atoms with Crippen molar-refractivity contribution in [2.75, 3.05) is 20.8 Å². The van der Waals surface area contributed by atoms with E-state index < -0.39 is 5.97 Å². The molecule has 0 saturated heterocycles. The van der Waals surface area contributed by atoms with Crippen LogP contribution in [0.3, 0.4) is 0 Å². The van der Waals surface area contributed by atoms with Gasteiger partial charge in [0.05, 0.1) is 14.2 Å². The Morgan fingerprint density at radius 1 is 0.944 bits per heavy atom. The molecule has 0 aliphatic carbocycles. The summed E-state index contributed by atoms with van der Waals surface area (Å²) in [5.74, 6) is 1.04. The molecule has 1 aliphatic rings. The van der Waals surface area contributed by atoms with Crippen molar-refractivity contribution in [1.82, 2.24) is 5.32 Å². The van der Waals surface area contributed by atoms with Gasteiger partial charge in [-0.2, -0.15) is 0 Å². The van der Waals surface area contributed by atoms with E-state index in [2.05, 4.69) is 60.8 Å². The van der Waals surface area contributed by atoms with Crippen LogP contribution in [0.25, 0.3) is 10.8 Å². The molecule has 1 aliphatic heterocycles. The van der Waals surface area contributed by atoms with Gasteiger partial charge in [-0.1, -0.05) is 72.8 Å². The number of carbonyl (C=O) groups is 1. The first-order valence-corrected chi connectivity index (χ1v) is 12.3. The molecule has 1 N–H and O–H groups in total. The topological polar surface area (TPSA) is 56.8 Å². The highest BCUT2D eigenvalue weighted by Gasteiger charge is 2.32. The molecule has 0 aromatic heterocycles. The SMILES string of the molecule is COC(=O)c1cccc([C@H]2C[C@H](CNC(C)c3cccc4ccccc34)Oc3ccccc32)c1OC. The minimum Gasteiger partial charge on any atom is -0.496 e. The molecule has 5 nitrogen and oxygen atoms in total. The number of hydrogen-bond acceptors (Lipinski definition) is 5. The molecule has 36 heavy (non-hydrogen) atoms. The quantitative estimate of drug-likeness (QED) is 0.315. The molecule has 4 aromatic carbocycles. The minimum atomic E-state index is -0.406. The number of ether oxygens (including phenoxy) is 3. The van der Waals surface area contributed by atoms with E-state index in [0.717, 1.165) is 23.3 Å². The second-order valence-electron chi connectivity index (χ2n) is 9.18. The number of carbonyl (C=O) groups excluding carboxylic acids is 1. The summed E-state index contributed by atoms with van der Waals surface area (Å²) in [4.78, 5) is 12.4. The van der Waals surface area contributed by atoms with Crippen LogP contribution >= 0.6 is 0 Å². The Morgan fingerprint density at radius 2 is 1.67 bits per heavy atom. The first-order valence-electron chi connectivity index (χ1n) is 12.3. The highest BCUT2D eigenvalue weighted by atomic mass is 16.5. The normalized spacial score (nSPS) is 17.6. The third kappa shape index (κ3) is 4.54. The molecule has 0 fully saturated rings. The molecule has 0 amide bonds. The fourth-order valence-corrected chi connectivity index (χ4v) is 5.29. The van der Waals surface area contributed by atoms with E-state index in [1.807, 2.05) is 30.3 Å². The number of benzene rings is 4. The second kappa shape index (κ2) is 10.4. The lowest BCUT2D eigenvalue weighted by Gasteiger charge is -2.34. The summed E-state index contributed by atoms with van der Waals surface area (Å²) >= 11 is 0. The number of fused-ring (bicyclic) bond motifs is 2. The molecule has 0 bridgehead atoms. The lowest BCUT2D eigenvalue weighted by atomic mass is 9.83. The average molecular weight is 482 g/mol. The zero-order valence-corrected chi connectivity index (χ0v) is 20.9. The van der Waals surface area contributed by atoms with Crippen LogP contribution < -0.4 is 14.8 Å². The number of hydrogen-bond donors (Lipinski definition) is 1. The molecular formula is C31H31NO4. The van der Waals surface area contributed by atoms with Crippen molar-refractivity contribution < 1.29 is 19.0 Å². The highest BCUT2D eigenvalue weighted by Crippen LogP contribution is 2.44. The van der Waals surface area contributed by atoms with Crippen molar-refractivity contribution in [2.24, 2.45) is 0 Å². The van der Waals surface area contributed by atoms with Crippen LogP contribution in [-0.2, 0) is 4.74 Å². The Labute approximate surface area is 212 Å². The van der Waals surface area contributed by atoms with Crippen LogP contribution in [-0.4, -0.2) is 32.8 Å². The van der Waals surface area contributed by atoms with Gasteiger partial charge in [-0.05, 0) is 41.8 Å². The van der Waals surface area contributed by atoms with Crippen molar-refractivity contribution in [2.45, 2.75) is 31.4 Å². The van der Waals surface area contributed by atoms with Crippen LogP contribution in [0, 0.1) is 0 Å². The third-order valence-electron chi connectivity index (χ3n) is 7.06. The summed E-state index contributed by atoms with van der Waals surface area (Å²) in [6.45, 7) is 2.88. The standard InChI is InChI=1S/C31H31NO4/c1-20(23-14-8-11-21-10-4-5-12-24(21)23)32-19-22-18-28(25-13-6-7-17-29(25)36-22)26-15-9-16-27(30(26)34-2)31(33)35-3/h4-17,20,22,28,32H,18-19H2,1-3H3/t20?,22-,28+/m1/s1. The average Bonchev–Trinajstić information content (AvgIpc) is 2.94. The van der Waals surface area contributed by atoms with Crippen molar-refractivity contribution >= 4 is 16.7 Å². The van der Waals surface area contributed by atoms with E-state index in [-0.39, 0.29) is 18.1 Å². The lowest BCUT2D eigenvalue weighted by molar-refractivity contribution is 0.0596. The number of esters is 1. The van der Waals surface area contributed by atoms with Gasteiger partial charge in [0.15, 0.2) is 0 Å². The van der Waals surface area contributed by atoms with Crippen molar-refractivity contribution in [1.29, 1.82) is 0 Å². The maximum Gasteiger partial charge on any atom is 0.341 e. The number of nitrogens with one attached hydrogen (secondary N) is 1. The molecule has 0 spiro atoms. The summed E-state index contributed by atoms with van der Waals surface area (Å²) in [6.07, 6.45) is 0.710. The van der Waals surface area contributed by atoms with Crippen molar-refractivity contribution in [3.63, 3.8) is 0 Å². The predicted molar refractivity (Wildman–Crippen MR) is 142 cm³/mol. The fourth-order valence-electron chi connectivity index (χ4n) is 5.29. The van der Waals surface area contributed by atoms with Gasteiger partial charge in [0.2, 0.25) is 0 Å². The second-order valence-corrected chi connectivity index (χ2v) is 9.18. The molecule has 0 radical (unpaired) electrons. The molecule has 4 aromatic rings. The third-order valence-corrected chi connectivity index (χ3v) is 7.06. The molecule has 3 atom stereocenters. The van der Waals surface area contributed by atoms with Crippen LogP contribution in [0.2, 0.25) is 0 Å². The van der Waals surface area contributed by atoms with Gasteiger partial charge in [0.1, 0.15) is 23.2 Å². The van der Waals surface area contributed by atoms with Crippen LogP contribution in [0.4, 0.5) is 0 Å². The minimum absolute atomic E-state index is 0.0224. The molecular weight excluding hydrogens is 450 g/mol. The Kier molecular flexibility index (Phi) is 6.92. The van der Waals surface area contributed by atoms with E-state index in [0.29, 0.717) is 17.9 Å². The van der Waals surface area contributed by atoms with Gasteiger partial charge in [0, 0.05) is 29.6 Å². The summed E-state index contributed by atoms with van der Waals surface area (Å²) in [5.41, 5.74) is 3.76. The molecule has 5 heteroatoms. The van der Waals surface area contributed by atoms with Gasteiger partial charge >= 0.3 is 5.97 Å². The molecule has 184 valence electrons. The Hall–Kier alpha value is -3.83. The maximum atomic E-state index is 12.4. The zero-order chi connectivity index (χ0) is 25.1.